The Bertz CT molecular complexity index is 830. The lowest BCUT2D eigenvalue weighted by molar-refractivity contribution is -0.152. The SMILES string of the molecule is O=C(O)COC1(c2ccc(Br)cc2)CCCN(C(=O)OCc2ccccc2)CCC1. The molecule has 0 atom stereocenters. The molecule has 0 unspecified atom stereocenters. The maximum Gasteiger partial charge on any atom is 0.410 e. The molecule has 30 heavy (non-hydrogen) atoms. The fourth-order valence-electron chi connectivity index (χ4n) is 3.81. The van der Waals surface area contributed by atoms with Crippen LogP contribution < -0.4 is 0 Å². The van der Waals surface area contributed by atoms with Gasteiger partial charge in [0.1, 0.15) is 13.2 Å². The van der Waals surface area contributed by atoms with Crippen molar-refractivity contribution in [3.05, 3.63) is 70.2 Å². The predicted octanol–water partition coefficient (Wildman–Crippen LogP) is 4.96. The summed E-state index contributed by atoms with van der Waals surface area (Å²) < 4.78 is 12.4. The van der Waals surface area contributed by atoms with Gasteiger partial charge in [-0.1, -0.05) is 58.4 Å². The number of carboxylic acids is 1. The first-order valence-corrected chi connectivity index (χ1v) is 10.9. The summed E-state index contributed by atoms with van der Waals surface area (Å²) in [6, 6.07) is 17.4. The molecule has 0 saturated carbocycles. The second-order valence-electron chi connectivity index (χ2n) is 7.42. The number of nitrogens with zero attached hydrogens (tertiary/aromatic N) is 1. The highest BCUT2D eigenvalue weighted by Gasteiger charge is 2.35. The maximum absolute atomic E-state index is 12.5. The van der Waals surface area contributed by atoms with Gasteiger partial charge in [-0.25, -0.2) is 9.59 Å². The topological polar surface area (TPSA) is 76.1 Å². The number of ether oxygens (including phenoxy) is 2. The highest BCUT2D eigenvalue weighted by Crippen LogP contribution is 2.37. The second-order valence-corrected chi connectivity index (χ2v) is 8.33. The molecule has 2 aromatic rings. The highest BCUT2D eigenvalue weighted by atomic mass is 79.9. The molecule has 1 saturated heterocycles. The van der Waals surface area contributed by atoms with E-state index in [1.807, 2.05) is 54.6 Å². The molecular formula is C23H26BrNO5. The Balaban J connectivity index is 1.63. The van der Waals surface area contributed by atoms with Gasteiger partial charge in [0.15, 0.2) is 0 Å². The van der Waals surface area contributed by atoms with Crippen molar-refractivity contribution in [3.8, 4) is 0 Å². The lowest BCUT2D eigenvalue weighted by Gasteiger charge is -2.37. The van der Waals surface area contributed by atoms with E-state index in [1.54, 1.807) is 4.90 Å². The van der Waals surface area contributed by atoms with Crippen LogP contribution in [0.2, 0.25) is 0 Å². The number of carbonyl (C=O) groups excluding carboxylic acids is 1. The molecule has 0 aliphatic carbocycles. The lowest BCUT2D eigenvalue weighted by Crippen LogP contribution is -2.40. The van der Waals surface area contributed by atoms with Gasteiger partial charge in [0, 0.05) is 17.6 Å². The Morgan fingerprint density at radius 3 is 2.23 bits per heavy atom. The standard InChI is InChI=1S/C23H26BrNO5/c24-20-10-8-19(9-11-20)23(30-17-21(26)27)12-4-14-25(15-5-13-23)22(28)29-16-18-6-2-1-3-7-18/h1-3,6-11H,4-5,12-17H2,(H,26,27). The Kier molecular flexibility index (Phi) is 7.87. The normalized spacial score (nSPS) is 16.4. The molecule has 0 bridgehead atoms. The molecule has 1 heterocycles. The zero-order valence-corrected chi connectivity index (χ0v) is 18.3. The van der Waals surface area contributed by atoms with Crippen molar-refractivity contribution in [2.24, 2.45) is 0 Å². The van der Waals surface area contributed by atoms with Crippen molar-refractivity contribution in [1.29, 1.82) is 0 Å². The van der Waals surface area contributed by atoms with E-state index in [4.69, 9.17) is 14.6 Å². The van der Waals surface area contributed by atoms with Gasteiger partial charge in [0.2, 0.25) is 0 Å². The van der Waals surface area contributed by atoms with E-state index in [9.17, 15) is 9.59 Å². The van der Waals surface area contributed by atoms with Crippen LogP contribution in [0.15, 0.2) is 59.1 Å². The second kappa shape index (κ2) is 10.6. The van der Waals surface area contributed by atoms with Crippen LogP contribution in [-0.2, 0) is 26.5 Å². The smallest absolute Gasteiger partial charge is 0.410 e. The molecule has 6 nitrogen and oxygen atoms in total. The molecule has 1 N–H and O–H groups in total. The number of amides is 1. The van der Waals surface area contributed by atoms with E-state index in [-0.39, 0.29) is 19.3 Å². The van der Waals surface area contributed by atoms with E-state index in [0.29, 0.717) is 38.8 Å². The zero-order valence-electron chi connectivity index (χ0n) is 16.8. The Hall–Kier alpha value is -2.38. The summed E-state index contributed by atoms with van der Waals surface area (Å²) in [4.78, 5) is 25.4. The van der Waals surface area contributed by atoms with Crippen LogP contribution in [0.1, 0.15) is 36.8 Å². The van der Waals surface area contributed by atoms with Gasteiger partial charge in [-0.3, -0.25) is 0 Å². The third-order valence-corrected chi connectivity index (χ3v) is 5.85. The predicted molar refractivity (Wildman–Crippen MR) is 116 cm³/mol. The van der Waals surface area contributed by atoms with E-state index in [0.717, 1.165) is 15.6 Å². The summed E-state index contributed by atoms with van der Waals surface area (Å²) in [6.45, 7) is 0.990. The first-order valence-electron chi connectivity index (χ1n) is 10.1. The van der Waals surface area contributed by atoms with Crippen LogP contribution in [0.25, 0.3) is 0 Å². The van der Waals surface area contributed by atoms with Gasteiger partial charge in [-0.2, -0.15) is 0 Å². The number of carbonyl (C=O) groups is 2. The van der Waals surface area contributed by atoms with Crippen LogP contribution in [0, 0.1) is 0 Å². The van der Waals surface area contributed by atoms with Gasteiger partial charge in [0.25, 0.3) is 0 Å². The quantitative estimate of drug-likeness (QED) is 0.638. The molecule has 7 heteroatoms. The fraction of sp³-hybridized carbons (Fsp3) is 0.391. The first kappa shape index (κ1) is 22.3. The summed E-state index contributed by atoms with van der Waals surface area (Å²) >= 11 is 3.44. The summed E-state index contributed by atoms with van der Waals surface area (Å²) in [5.74, 6) is -0.986. The average molecular weight is 476 g/mol. The molecule has 1 aliphatic heterocycles. The number of likely N-dealkylation sites (tertiary alicyclic amines) is 1. The Morgan fingerprint density at radius 2 is 1.63 bits per heavy atom. The molecule has 0 radical (unpaired) electrons. The summed E-state index contributed by atoms with van der Waals surface area (Å²) in [6.07, 6.45) is 2.32. The van der Waals surface area contributed by atoms with Crippen molar-refractivity contribution >= 4 is 28.0 Å². The highest BCUT2D eigenvalue weighted by molar-refractivity contribution is 9.10. The average Bonchev–Trinajstić information content (AvgIpc) is 2.73. The van der Waals surface area contributed by atoms with Gasteiger partial charge in [0.05, 0.1) is 5.60 Å². The maximum atomic E-state index is 12.5. The minimum atomic E-state index is -0.986. The summed E-state index contributed by atoms with van der Waals surface area (Å²) in [5, 5.41) is 9.14. The minimum Gasteiger partial charge on any atom is -0.480 e. The summed E-state index contributed by atoms with van der Waals surface area (Å²) in [5.41, 5.74) is 1.25. The Morgan fingerprint density at radius 1 is 1.00 bits per heavy atom. The molecule has 0 aromatic heterocycles. The fourth-order valence-corrected chi connectivity index (χ4v) is 4.08. The van der Waals surface area contributed by atoms with Crippen LogP contribution in [0.4, 0.5) is 4.79 Å². The lowest BCUT2D eigenvalue weighted by atomic mass is 9.83. The number of hydrogen-bond acceptors (Lipinski definition) is 4. The minimum absolute atomic E-state index is 0.251. The van der Waals surface area contributed by atoms with Crippen molar-refractivity contribution in [2.75, 3.05) is 19.7 Å². The third kappa shape index (κ3) is 6.06. The zero-order chi connectivity index (χ0) is 21.4. The van der Waals surface area contributed by atoms with Gasteiger partial charge in [-0.15, -0.1) is 0 Å². The monoisotopic (exact) mass is 475 g/mol. The van der Waals surface area contributed by atoms with Crippen LogP contribution in [-0.4, -0.2) is 41.8 Å². The summed E-state index contributed by atoms with van der Waals surface area (Å²) in [7, 11) is 0. The number of halogens is 1. The van der Waals surface area contributed by atoms with Crippen LogP contribution in [0.3, 0.4) is 0 Å². The molecule has 1 amide bonds. The molecule has 3 rings (SSSR count). The van der Waals surface area contributed by atoms with E-state index >= 15 is 0 Å². The number of benzene rings is 2. The number of hydrogen-bond donors (Lipinski definition) is 1. The third-order valence-electron chi connectivity index (χ3n) is 5.32. The molecule has 2 aromatic carbocycles. The van der Waals surface area contributed by atoms with Crippen molar-refractivity contribution in [3.63, 3.8) is 0 Å². The van der Waals surface area contributed by atoms with Crippen molar-refractivity contribution in [1.82, 2.24) is 4.90 Å². The first-order chi connectivity index (χ1) is 14.5. The number of carboxylic acid groups (broad SMARTS) is 1. The molecule has 1 aliphatic rings. The van der Waals surface area contributed by atoms with Crippen LogP contribution in [0.5, 0.6) is 0 Å². The molecule has 0 spiro atoms. The molecule has 1 fully saturated rings. The van der Waals surface area contributed by atoms with Gasteiger partial charge >= 0.3 is 12.1 Å². The molecular weight excluding hydrogens is 450 g/mol. The van der Waals surface area contributed by atoms with Crippen molar-refractivity contribution < 1.29 is 24.2 Å². The van der Waals surface area contributed by atoms with Gasteiger partial charge < -0.3 is 19.5 Å². The van der Waals surface area contributed by atoms with E-state index < -0.39 is 11.6 Å². The van der Waals surface area contributed by atoms with Crippen LogP contribution >= 0.6 is 15.9 Å². The largest absolute Gasteiger partial charge is 0.480 e. The van der Waals surface area contributed by atoms with E-state index in [2.05, 4.69) is 15.9 Å². The van der Waals surface area contributed by atoms with E-state index in [1.165, 1.54) is 0 Å². The number of aliphatic carboxylic acids is 1. The van der Waals surface area contributed by atoms with Crippen molar-refractivity contribution in [2.45, 2.75) is 37.9 Å². The number of rotatable bonds is 6. The van der Waals surface area contributed by atoms with Gasteiger partial charge in [-0.05, 0) is 48.9 Å². The Labute approximate surface area is 184 Å². The molecule has 160 valence electrons.